The van der Waals surface area contributed by atoms with Crippen molar-refractivity contribution < 1.29 is 9.59 Å². The summed E-state index contributed by atoms with van der Waals surface area (Å²) in [6.07, 6.45) is 0. The van der Waals surface area contributed by atoms with Gasteiger partial charge in [-0.2, -0.15) is 0 Å². The van der Waals surface area contributed by atoms with Gasteiger partial charge in [0.05, 0.1) is 5.54 Å². The van der Waals surface area contributed by atoms with Crippen molar-refractivity contribution in [2.24, 2.45) is 0 Å². The molecule has 6 nitrogen and oxygen atoms in total. The second-order valence-corrected chi connectivity index (χ2v) is 6.09. The first kappa shape index (κ1) is 15.3. The monoisotopic (exact) mass is 291 g/mol. The maximum Gasteiger partial charge on any atom is 0.260 e. The van der Waals surface area contributed by atoms with Crippen LogP contribution in [0.3, 0.4) is 0 Å². The van der Waals surface area contributed by atoms with Gasteiger partial charge in [0.15, 0.2) is 0 Å². The Morgan fingerprint density at radius 2 is 1.90 bits per heavy atom. The number of nitrogens with one attached hydrogen (secondary N) is 1. The molecule has 1 aliphatic heterocycles. The number of pyridine rings is 1. The number of aromatic nitrogens is 1. The number of aromatic amines is 1. The van der Waals surface area contributed by atoms with Crippen LogP contribution in [0.25, 0.3) is 0 Å². The molecule has 1 N–H and O–H groups in total. The van der Waals surface area contributed by atoms with E-state index in [0.717, 1.165) is 5.69 Å². The summed E-state index contributed by atoms with van der Waals surface area (Å²) in [5.74, 6) is -0.284. The van der Waals surface area contributed by atoms with Gasteiger partial charge < -0.3 is 14.8 Å². The molecular formula is C15H21N3O3. The number of hydrogen-bond acceptors (Lipinski definition) is 3. The number of hydrogen-bond donors (Lipinski definition) is 1. The number of rotatable bonds is 1. The van der Waals surface area contributed by atoms with E-state index in [1.807, 2.05) is 13.8 Å². The van der Waals surface area contributed by atoms with E-state index in [0.29, 0.717) is 19.6 Å². The third-order valence-corrected chi connectivity index (χ3v) is 3.88. The first-order valence-corrected chi connectivity index (χ1v) is 7.00. The quantitative estimate of drug-likeness (QED) is 0.830. The van der Waals surface area contributed by atoms with Gasteiger partial charge in [-0.3, -0.25) is 14.4 Å². The number of H-pyrrole nitrogens is 1. The van der Waals surface area contributed by atoms with Crippen molar-refractivity contribution >= 4 is 11.8 Å². The van der Waals surface area contributed by atoms with Crippen molar-refractivity contribution in [1.29, 1.82) is 0 Å². The predicted molar refractivity (Wildman–Crippen MR) is 79.2 cm³/mol. The van der Waals surface area contributed by atoms with Crippen molar-refractivity contribution in [3.05, 3.63) is 33.7 Å². The molecule has 0 atom stereocenters. The minimum atomic E-state index is -0.502. The van der Waals surface area contributed by atoms with E-state index in [-0.39, 0.29) is 22.9 Å². The third kappa shape index (κ3) is 2.99. The first-order chi connectivity index (χ1) is 9.72. The highest BCUT2D eigenvalue weighted by Crippen LogP contribution is 2.22. The van der Waals surface area contributed by atoms with Gasteiger partial charge in [-0.05, 0) is 32.9 Å². The van der Waals surface area contributed by atoms with Crippen LogP contribution in [0.4, 0.5) is 0 Å². The van der Waals surface area contributed by atoms with Gasteiger partial charge in [-0.15, -0.1) is 0 Å². The van der Waals surface area contributed by atoms with Crippen molar-refractivity contribution in [1.82, 2.24) is 14.8 Å². The molecule has 6 heteroatoms. The maximum atomic E-state index is 12.6. The van der Waals surface area contributed by atoms with Gasteiger partial charge in [0.1, 0.15) is 5.56 Å². The molecule has 0 aliphatic carbocycles. The van der Waals surface area contributed by atoms with E-state index in [9.17, 15) is 14.4 Å². The fourth-order valence-electron chi connectivity index (χ4n) is 2.69. The van der Waals surface area contributed by atoms with E-state index < -0.39 is 5.54 Å². The molecule has 21 heavy (non-hydrogen) atoms. The molecule has 0 unspecified atom stereocenters. The van der Waals surface area contributed by atoms with Crippen molar-refractivity contribution in [3.63, 3.8) is 0 Å². The zero-order chi connectivity index (χ0) is 15.8. The highest BCUT2D eigenvalue weighted by molar-refractivity contribution is 5.94. The van der Waals surface area contributed by atoms with Gasteiger partial charge in [0, 0.05) is 32.3 Å². The third-order valence-electron chi connectivity index (χ3n) is 3.88. The Kier molecular flexibility index (Phi) is 3.89. The predicted octanol–water partition coefficient (Wildman–Crippen LogP) is 0.766. The summed E-state index contributed by atoms with van der Waals surface area (Å²) in [6.45, 7) is 8.50. The summed E-state index contributed by atoms with van der Waals surface area (Å²) in [4.78, 5) is 42.1. The van der Waals surface area contributed by atoms with Gasteiger partial charge >= 0.3 is 0 Å². The molecule has 1 aromatic rings. The van der Waals surface area contributed by atoms with Crippen LogP contribution in [-0.4, -0.2) is 51.8 Å². The van der Waals surface area contributed by atoms with Crippen LogP contribution in [0, 0.1) is 6.92 Å². The van der Waals surface area contributed by atoms with Crippen LogP contribution in [-0.2, 0) is 4.79 Å². The van der Waals surface area contributed by atoms with Gasteiger partial charge in [0.2, 0.25) is 5.91 Å². The normalized spacial score (nSPS) is 17.7. The summed E-state index contributed by atoms with van der Waals surface area (Å²) >= 11 is 0. The molecule has 0 radical (unpaired) electrons. The van der Waals surface area contributed by atoms with Gasteiger partial charge in [-0.1, -0.05) is 0 Å². The smallest absolute Gasteiger partial charge is 0.260 e. The lowest BCUT2D eigenvalue weighted by molar-refractivity contribution is -0.133. The standard InChI is InChI=1S/C15H21N3O3/c1-10-5-6-12(13(20)16-10)14(21)18-8-7-17(11(2)19)9-15(18,3)4/h5-6H,7-9H2,1-4H3,(H,16,20). The molecule has 0 aromatic carbocycles. The summed E-state index contributed by atoms with van der Waals surface area (Å²) in [5, 5.41) is 0. The molecular weight excluding hydrogens is 270 g/mol. The average molecular weight is 291 g/mol. The Balaban J connectivity index is 2.27. The lowest BCUT2D eigenvalue weighted by Crippen LogP contribution is -2.62. The van der Waals surface area contributed by atoms with E-state index in [4.69, 9.17) is 0 Å². The molecule has 2 amide bonds. The van der Waals surface area contributed by atoms with Crippen molar-refractivity contribution in [2.45, 2.75) is 33.2 Å². The lowest BCUT2D eigenvalue weighted by atomic mass is 9.97. The molecule has 2 rings (SSSR count). The highest BCUT2D eigenvalue weighted by Gasteiger charge is 2.38. The SMILES string of the molecule is CC(=O)N1CCN(C(=O)c2ccc(C)[nH]c2=O)C(C)(C)C1. The fourth-order valence-corrected chi connectivity index (χ4v) is 2.69. The van der Waals surface area contributed by atoms with E-state index in [2.05, 4.69) is 4.98 Å². The molecule has 2 heterocycles. The van der Waals surface area contributed by atoms with E-state index >= 15 is 0 Å². The summed E-state index contributed by atoms with van der Waals surface area (Å²) in [7, 11) is 0. The molecule has 1 fully saturated rings. The molecule has 0 bridgehead atoms. The lowest BCUT2D eigenvalue weighted by Gasteiger charge is -2.46. The van der Waals surface area contributed by atoms with Crippen LogP contribution in [0.15, 0.2) is 16.9 Å². The molecule has 1 aliphatic rings. The van der Waals surface area contributed by atoms with Crippen LogP contribution in [0.1, 0.15) is 36.8 Å². The Hall–Kier alpha value is -2.11. The zero-order valence-electron chi connectivity index (χ0n) is 12.9. The number of amides is 2. The van der Waals surface area contributed by atoms with Crippen molar-refractivity contribution in [3.8, 4) is 0 Å². The number of carbonyl (C=O) groups is 2. The first-order valence-electron chi connectivity index (χ1n) is 7.00. The summed E-state index contributed by atoms with van der Waals surface area (Å²) < 4.78 is 0. The van der Waals surface area contributed by atoms with Crippen LogP contribution >= 0.6 is 0 Å². The molecule has 114 valence electrons. The summed E-state index contributed by atoms with van der Waals surface area (Å²) in [6, 6.07) is 3.28. The Bertz CT molecular complexity index is 633. The fraction of sp³-hybridized carbons (Fsp3) is 0.533. The second kappa shape index (κ2) is 5.35. The Morgan fingerprint density at radius 1 is 1.24 bits per heavy atom. The minimum absolute atomic E-state index is 0.00311. The van der Waals surface area contributed by atoms with E-state index in [1.54, 1.807) is 28.9 Å². The Labute approximate surface area is 123 Å². The number of carbonyl (C=O) groups excluding carboxylic acids is 2. The largest absolute Gasteiger partial charge is 0.339 e. The average Bonchev–Trinajstić information content (AvgIpc) is 2.36. The van der Waals surface area contributed by atoms with Crippen LogP contribution in [0.5, 0.6) is 0 Å². The molecule has 1 aromatic heterocycles. The summed E-state index contributed by atoms with van der Waals surface area (Å²) in [5.41, 5.74) is -0.00910. The number of aryl methyl sites for hydroxylation is 1. The topological polar surface area (TPSA) is 73.5 Å². The second-order valence-electron chi connectivity index (χ2n) is 6.09. The molecule has 0 saturated carbocycles. The van der Waals surface area contributed by atoms with Gasteiger partial charge in [-0.25, -0.2) is 0 Å². The maximum absolute atomic E-state index is 12.6. The number of nitrogens with zero attached hydrogens (tertiary/aromatic N) is 2. The number of piperazine rings is 1. The Morgan fingerprint density at radius 3 is 2.43 bits per heavy atom. The minimum Gasteiger partial charge on any atom is -0.339 e. The highest BCUT2D eigenvalue weighted by atomic mass is 16.2. The zero-order valence-corrected chi connectivity index (χ0v) is 12.9. The van der Waals surface area contributed by atoms with Crippen LogP contribution in [0.2, 0.25) is 0 Å². The van der Waals surface area contributed by atoms with Gasteiger partial charge in [0.25, 0.3) is 11.5 Å². The molecule has 0 spiro atoms. The molecule has 1 saturated heterocycles. The van der Waals surface area contributed by atoms with E-state index in [1.165, 1.54) is 6.92 Å². The van der Waals surface area contributed by atoms with Crippen LogP contribution < -0.4 is 5.56 Å². The van der Waals surface area contributed by atoms with Crippen molar-refractivity contribution in [2.75, 3.05) is 19.6 Å².